The van der Waals surface area contributed by atoms with Gasteiger partial charge in [0.2, 0.25) is 0 Å². The van der Waals surface area contributed by atoms with E-state index < -0.39 is 0 Å². The minimum absolute atomic E-state index is 0.286. The molecule has 0 saturated heterocycles. The maximum Gasteiger partial charge on any atom is 0.101 e. The van der Waals surface area contributed by atoms with Crippen LogP contribution < -0.4 is 0 Å². The minimum atomic E-state index is 0.286. The van der Waals surface area contributed by atoms with Crippen LogP contribution in [0.4, 0.5) is 0 Å². The van der Waals surface area contributed by atoms with Gasteiger partial charge in [-0.25, -0.2) is 0 Å². The summed E-state index contributed by atoms with van der Waals surface area (Å²) in [5, 5.41) is 45.3. The first-order chi connectivity index (χ1) is 14.7. The molecule has 5 rings (SSSR count). The molecular weight excluding hydrogens is 368 g/mol. The van der Waals surface area contributed by atoms with Crippen molar-refractivity contribution in [1.29, 1.82) is 21.0 Å². The van der Waals surface area contributed by atoms with Gasteiger partial charge in [0.05, 0.1) is 22.3 Å². The molecule has 0 amide bonds. The van der Waals surface area contributed by atoms with E-state index in [1.165, 1.54) is 0 Å². The van der Waals surface area contributed by atoms with E-state index in [0.29, 0.717) is 11.1 Å². The standard InChI is InChI=1S/C26H10N4/c27-11-17-7-23-21-5-15-3-1-2-4-16(15)6-22(21)24-8-18(12-28)20(14-30)10-26(24)25(23)9-19(17)13-29/h1-10H. The predicted molar refractivity (Wildman–Crippen MR) is 115 cm³/mol. The first kappa shape index (κ1) is 17.2. The maximum absolute atomic E-state index is 9.54. The summed E-state index contributed by atoms with van der Waals surface area (Å²) < 4.78 is 0. The average Bonchev–Trinajstić information content (AvgIpc) is 2.81. The summed E-state index contributed by atoms with van der Waals surface area (Å²) in [7, 11) is 0. The van der Waals surface area contributed by atoms with Crippen molar-refractivity contribution in [2.45, 2.75) is 0 Å². The smallest absolute Gasteiger partial charge is 0.101 e. The van der Waals surface area contributed by atoms with Crippen LogP contribution in [0.2, 0.25) is 0 Å². The summed E-state index contributed by atoms with van der Waals surface area (Å²) in [6.07, 6.45) is 0. The second-order valence-corrected chi connectivity index (χ2v) is 7.08. The molecule has 4 heteroatoms. The van der Waals surface area contributed by atoms with Crippen molar-refractivity contribution in [2.24, 2.45) is 0 Å². The number of benzene rings is 5. The highest BCUT2D eigenvalue weighted by molar-refractivity contribution is 6.28. The van der Waals surface area contributed by atoms with Gasteiger partial charge in [-0.2, -0.15) is 21.0 Å². The molecule has 0 aromatic heterocycles. The molecule has 0 bridgehead atoms. The lowest BCUT2D eigenvalue weighted by atomic mass is 9.88. The van der Waals surface area contributed by atoms with E-state index in [1.54, 1.807) is 24.3 Å². The lowest BCUT2D eigenvalue weighted by molar-refractivity contribution is 1.44. The van der Waals surface area contributed by atoms with Gasteiger partial charge in [0, 0.05) is 0 Å². The van der Waals surface area contributed by atoms with E-state index in [1.807, 2.05) is 24.3 Å². The second kappa shape index (κ2) is 6.32. The first-order valence-electron chi connectivity index (χ1n) is 9.19. The summed E-state index contributed by atoms with van der Waals surface area (Å²) in [4.78, 5) is 0. The lowest BCUT2D eigenvalue weighted by Crippen LogP contribution is -1.92. The summed E-state index contributed by atoms with van der Waals surface area (Å²) in [5.41, 5.74) is 1.20. The number of hydrogen-bond donors (Lipinski definition) is 0. The topological polar surface area (TPSA) is 95.2 Å². The van der Waals surface area contributed by atoms with Crippen LogP contribution in [0.25, 0.3) is 43.1 Å². The van der Waals surface area contributed by atoms with Crippen molar-refractivity contribution in [3.8, 4) is 24.3 Å². The number of fused-ring (bicyclic) bond motifs is 7. The van der Waals surface area contributed by atoms with Crippen LogP contribution >= 0.6 is 0 Å². The molecular formula is C26H10N4. The van der Waals surface area contributed by atoms with Crippen LogP contribution in [-0.2, 0) is 0 Å². The zero-order chi connectivity index (χ0) is 20.8. The fraction of sp³-hybridized carbons (Fsp3) is 0. The molecule has 5 aromatic rings. The number of nitrogens with zero attached hydrogens (tertiary/aromatic N) is 4. The van der Waals surface area contributed by atoms with Gasteiger partial charge in [0.15, 0.2) is 0 Å². The Morgan fingerprint density at radius 3 is 0.933 bits per heavy atom. The molecule has 4 nitrogen and oxygen atoms in total. The fourth-order valence-electron chi connectivity index (χ4n) is 4.15. The summed E-state index contributed by atoms with van der Waals surface area (Å²) in [6, 6.07) is 27.5. The second-order valence-electron chi connectivity index (χ2n) is 7.08. The molecule has 0 aliphatic carbocycles. The van der Waals surface area contributed by atoms with Crippen LogP contribution in [0.1, 0.15) is 22.3 Å². The molecule has 0 fully saturated rings. The summed E-state index contributed by atoms with van der Waals surface area (Å²) in [5.74, 6) is 0. The summed E-state index contributed by atoms with van der Waals surface area (Å²) in [6.45, 7) is 0. The zero-order valence-corrected chi connectivity index (χ0v) is 15.6. The molecule has 0 radical (unpaired) electrons. The molecule has 0 heterocycles. The molecule has 0 spiro atoms. The van der Waals surface area contributed by atoms with Crippen molar-refractivity contribution in [2.75, 3.05) is 0 Å². The largest absolute Gasteiger partial charge is 0.192 e. The van der Waals surface area contributed by atoms with E-state index >= 15 is 0 Å². The predicted octanol–water partition coefficient (Wildman–Crippen LogP) is 5.79. The van der Waals surface area contributed by atoms with Crippen LogP contribution in [0, 0.1) is 45.3 Å². The Kier molecular flexibility index (Phi) is 3.63. The Morgan fingerprint density at radius 2 is 0.667 bits per heavy atom. The molecule has 5 aromatic carbocycles. The Bertz CT molecular complexity index is 1600. The highest BCUT2D eigenvalue weighted by Gasteiger charge is 2.15. The molecule has 0 aliphatic rings. The zero-order valence-electron chi connectivity index (χ0n) is 15.6. The van der Waals surface area contributed by atoms with E-state index in [4.69, 9.17) is 0 Å². The molecule has 0 atom stereocenters. The number of hydrogen-bond acceptors (Lipinski definition) is 4. The quantitative estimate of drug-likeness (QED) is 0.252. The summed E-state index contributed by atoms with van der Waals surface area (Å²) >= 11 is 0. The molecule has 0 unspecified atom stereocenters. The van der Waals surface area contributed by atoms with Gasteiger partial charge in [-0.15, -0.1) is 0 Å². The van der Waals surface area contributed by atoms with Crippen LogP contribution in [-0.4, -0.2) is 0 Å². The van der Waals surface area contributed by atoms with Gasteiger partial charge in [-0.05, 0) is 79.5 Å². The van der Waals surface area contributed by atoms with Crippen LogP contribution in [0.5, 0.6) is 0 Å². The van der Waals surface area contributed by atoms with Crippen LogP contribution in [0.3, 0.4) is 0 Å². The Labute approximate surface area is 171 Å². The van der Waals surface area contributed by atoms with Gasteiger partial charge in [-0.3, -0.25) is 0 Å². The van der Waals surface area contributed by atoms with Gasteiger partial charge in [0.25, 0.3) is 0 Å². The third-order valence-corrected chi connectivity index (χ3v) is 5.55. The van der Waals surface area contributed by atoms with Gasteiger partial charge in [0.1, 0.15) is 24.3 Å². The molecule has 0 saturated carbocycles. The normalized spacial score (nSPS) is 10.5. The highest BCUT2D eigenvalue weighted by Crippen LogP contribution is 2.39. The minimum Gasteiger partial charge on any atom is -0.192 e. The van der Waals surface area contributed by atoms with Crippen molar-refractivity contribution >= 4 is 43.1 Å². The molecule has 30 heavy (non-hydrogen) atoms. The fourth-order valence-corrected chi connectivity index (χ4v) is 4.15. The van der Waals surface area contributed by atoms with E-state index in [-0.39, 0.29) is 11.1 Å². The van der Waals surface area contributed by atoms with Crippen molar-refractivity contribution in [3.63, 3.8) is 0 Å². The van der Waals surface area contributed by atoms with Crippen molar-refractivity contribution < 1.29 is 0 Å². The Hall–Kier alpha value is -4.90. The number of rotatable bonds is 0. The van der Waals surface area contributed by atoms with E-state index in [9.17, 15) is 21.0 Å². The van der Waals surface area contributed by atoms with Gasteiger partial charge in [-0.1, -0.05) is 24.3 Å². The van der Waals surface area contributed by atoms with E-state index in [0.717, 1.165) is 43.1 Å². The Balaban J connectivity index is 2.15. The monoisotopic (exact) mass is 378 g/mol. The highest BCUT2D eigenvalue weighted by atomic mass is 14.3. The molecule has 134 valence electrons. The average molecular weight is 378 g/mol. The SMILES string of the molecule is N#Cc1cc2c3cc(C#N)c(C#N)cc3c3cc4ccccc4cc3c2cc1C#N. The van der Waals surface area contributed by atoms with Gasteiger partial charge < -0.3 is 0 Å². The molecule has 0 N–H and O–H groups in total. The molecule has 0 aliphatic heterocycles. The lowest BCUT2D eigenvalue weighted by Gasteiger charge is -2.13. The van der Waals surface area contributed by atoms with Crippen molar-refractivity contribution in [3.05, 3.63) is 82.9 Å². The van der Waals surface area contributed by atoms with Gasteiger partial charge >= 0.3 is 0 Å². The maximum atomic E-state index is 9.54. The van der Waals surface area contributed by atoms with Crippen molar-refractivity contribution in [1.82, 2.24) is 0 Å². The first-order valence-corrected chi connectivity index (χ1v) is 9.19. The van der Waals surface area contributed by atoms with Crippen LogP contribution in [0.15, 0.2) is 60.7 Å². The third-order valence-electron chi connectivity index (χ3n) is 5.55. The van der Waals surface area contributed by atoms with E-state index in [2.05, 4.69) is 36.4 Å². The third kappa shape index (κ3) is 2.30. The Morgan fingerprint density at radius 1 is 0.400 bits per heavy atom. The number of nitriles is 4.